The summed E-state index contributed by atoms with van der Waals surface area (Å²) in [7, 11) is 0. The average molecular weight is 703 g/mol. The van der Waals surface area contributed by atoms with Crippen molar-refractivity contribution in [2.24, 2.45) is 0 Å². The number of aryl methyl sites for hydroxylation is 2. The predicted octanol–water partition coefficient (Wildman–Crippen LogP) is 9.22. The number of ether oxygens (including phenoxy) is 2. The van der Waals surface area contributed by atoms with Gasteiger partial charge in [-0.05, 0) is 85.8 Å². The van der Waals surface area contributed by atoms with E-state index in [-0.39, 0.29) is 23.9 Å². The van der Waals surface area contributed by atoms with Gasteiger partial charge in [0.25, 0.3) is 0 Å². The molecule has 2 aromatic heterocycles. The highest BCUT2D eigenvalue weighted by Gasteiger charge is 2.24. The number of hydrogen-bond donors (Lipinski definition) is 2. The van der Waals surface area contributed by atoms with Crippen LogP contribution < -0.4 is 20.1 Å². The molecule has 4 aromatic rings. The Morgan fingerprint density at radius 1 is 0.538 bits per heavy atom. The lowest BCUT2D eigenvalue weighted by Gasteiger charge is -2.26. The van der Waals surface area contributed by atoms with Crippen molar-refractivity contribution in [3.8, 4) is 11.8 Å². The van der Waals surface area contributed by atoms with Gasteiger partial charge in [0.05, 0.1) is 12.1 Å². The number of unbranched alkanes of at least 4 members (excludes halogenated alkanes) is 7. The van der Waals surface area contributed by atoms with Gasteiger partial charge in [-0.25, -0.2) is 9.97 Å². The molecule has 2 atom stereocenters. The highest BCUT2D eigenvalue weighted by atomic mass is 16.5. The molecule has 0 saturated carbocycles. The van der Waals surface area contributed by atoms with Crippen LogP contribution in [0.15, 0.2) is 84.9 Å². The van der Waals surface area contributed by atoms with Gasteiger partial charge in [-0.2, -0.15) is 0 Å². The van der Waals surface area contributed by atoms with Gasteiger partial charge >= 0.3 is 0 Å². The smallest absolute Gasteiger partial charge is 0.220 e. The van der Waals surface area contributed by atoms with Gasteiger partial charge in [0.1, 0.15) is 13.2 Å². The Kier molecular flexibility index (Phi) is 14.1. The number of benzene rings is 2. The van der Waals surface area contributed by atoms with Gasteiger partial charge in [0.2, 0.25) is 23.6 Å². The van der Waals surface area contributed by atoms with Crippen LogP contribution in [0.3, 0.4) is 0 Å². The molecule has 2 aliphatic carbocycles. The summed E-state index contributed by atoms with van der Waals surface area (Å²) in [6.07, 6.45) is 15.5. The minimum Gasteiger partial charge on any atom is -0.473 e. The molecule has 0 radical (unpaired) electrons. The van der Waals surface area contributed by atoms with Crippen LogP contribution in [0.5, 0.6) is 11.8 Å². The molecule has 274 valence electrons. The van der Waals surface area contributed by atoms with Crippen molar-refractivity contribution in [3.05, 3.63) is 119 Å². The van der Waals surface area contributed by atoms with E-state index in [1.807, 2.05) is 72.8 Å². The van der Waals surface area contributed by atoms with Crippen molar-refractivity contribution in [2.75, 3.05) is 0 Å². The molecule has 8 nitrogen and oxygen atoms in total. The quantitative estimate of drug-likeness (QED) is 0.0945. The molecule has 2 N–H and O–H groups in total. The van der Waals surface area contributed by atoms with E-state index >= 15 is 0 Å². The molecule has 2 amide bonds. The van der Waals surface area contributed by atoms with Gasteiger partial charge in [0, 0.05) is 36.4 Å². The largest absolute Gasteiger partial charge is 0.473 e. The van der Waals surface area contributed by atoms with Crippen molar-refractivity contribution >= 4 is 11.8 Å². The number of carbonyl (C=O) groups is 2. The summed E-state index contributed by atoms with van der Waals surface area (Å²) >= 11 is 0. The Hall–Kier alpha value is -4.72. The number of rotatable bonds is 19. The number of nitrogens with one attached hydrogen (secondary N) is 2. The number of fused-ring (bicyclic) bond motifs is 2. The van der Waals surface area contributed by atoms with Crippen molar-refractivity contribution in [2.45, 2.75) is 128 Å². The first-order valence-corrected chi connectivity index (χ1v) is 19.5. The second-order valence-corrected chi connectivity index (χ2v) is 14.3. The lowest BCUT2D eigenvalue weighted by atomic mass is 9.91. The molecule has 6 rings (SSSR count). The zero-order valence-corrected chi connectivity index (χ0v) is 30.5. The lowest BCUT2D eigenvalue weighted by molar-refractivity contribution is -0.122. The number of nitrogens with zero attached hydrogens (tertiary/aromatic N) is 2. The van der Waals surface area contributed by atoms with Crippen LogP contribution in [0.25, 0.3) is 0 Å². The van der Waals surface area contributed by atoms with Gasteiger partial charge in [-0.15, -0.1) is 0 Å². The van der Waals surface area contributed by atoms with Crippen LogP contribution in [-0.4, -0.2) is 21.8 Å². The van der Waals surface area contributed by atoms with Crippen LogP contribution in [0.1, 0.15) is 136 Å². The molecular formula is C44H54N4O4. The van der Waals surface area contributed by atoms with Crippen LogP contribution in [-0.2, 0) is 35.6 Å². The normalized spacial score (nSPS) is 16.3. The van der Waals surface area contributed by atoms with Crippen molar-refractivity contribution in [1.82, 2.24) is 20.6 Å². The number of aromatic nitrogens is 2. The molecule has 52 heavy (non-hydrogen) atoms. The van der Waals surface area contributed by atoms with Gasteiger partial charge in [-0.1, -0.05) is 99.2 Å². The Bertz CT molecular complexity index is 1590. The van der Waals surface area contributed by atoms with E-state index < -0.39 is 0 Å². The van der Waals surface area contributed by atoms with E-state index in [1.165, 1.54) is 12.8 Å². The zero-order valence-electron chi connectivity index (χ0n) is 30.5. The molecule has 2 aliphatic rings. The molecule has 0 saturated heterocycles. The predicted molar refractivity (Wildman–Crippen MR) is 204 cm³/mol. The Labute approximate surface area is 309 Å². The summed E-state index contributed by atoms with van der Waals surface area (Å²) < 4.78 is 11.9. The van der Waals surface area contributed by atoms with E-state index in [2.05, 4.69) is 22.8 Å². The molecule has 0 fully saturated rings. The molecule has 0 bridgehead atoms. The van der Waals surface area contributed by atoms with E-state index in [9.17, 15) is 9.59 Å². The minimum atomic E-state index is 0.0307. The van der Waals surface area contributed by atoms with Crippen LogP contribution in [0, 0.1) is 0 Å². The van der Waals surface area contributed by atoms with Gasteiger partial charge < -0.3 is 20.1 Å². The van der Waals surface area contributed by atoms with Crippen LogP contribution >= 0.6 is 0 Å². The summed E-state index contributed by atoms with van der Waals surface area (Å²) in [5.41, 5.74) is 6.56. The van der Waals surface area contributed by atoms with Crippen molar-refractivity contribution < 1.29 is 19.1 Å². The number of pyridine rings is 2. The Morgan fingerprint density at radius 2 is 0.942 bits per heavy atom. The fourth-order valence-corrected chi connectivity index (χ4v) is 7.37. The molecule has 0 unspecified atom stereocenters. The maximum Gasteiger partial charge on any atom is 0.220 e. The second kappa shape index (κ2) is 19.8. The maximum absolute atomic E-state index is 12.8. The SMILES string of the molecule is O=C(CCCCCCCCCCC(=O)N[C@H]1CCCc2nc(OCc3ccccc3)ccc21)N[C@H]1CCCc2nc(OCc3ccccc3)ccc21. The monoisotopic (exact) mass is 702 g/mol. The first-order chi connectivity index (χ1) is 25.6. The number of hydrogen-bond acceptors (Lipinski definition) is 6. The second-order valence-electron chi connectivity index (χ2n) is 14.3. The number of amides is 2. The Morgan fingerprint density at radius 3 is 1.37 bits per heavy atom. The highest BCUT2D eigenvalue weighted by molar-refractivity contribution is 5.77. The van der Waals surface area contributed by atoms with E-state index in [1.54, 1.807) is 0 Å². The molecule has 8 heteroatoms. The van der Waals surface area contributed by atoms with Gasteiger partial charge in [-0.3, -0.25) is 9.59 Å². The molecular weight excluding hydrogens is 649 g/mol. The summed E-state index contributed by atoms with van der Waals surface area (Å²) in [6.45, 7) is 0.991. The summed E-state index contributed by atoms with van der Waals surface area (Å²) in [6, 6.07) is 28.3. The first-order valence-electron chi connectivity index (χ1n) is 19.5. The van der Waals surface area contributed by atoms with E-state index in [0.29, 0.717) is 37.8 Å². The summed E-state index contributed by atoms with van der Waals surface area (Å²) in [5.74, 6) is 1.54. The van der Waals surface area contributed by atoms with Crippen molar-refractivity contribution in [3.63, 3.8) is 0 Å². The third-order valence-corrected chi connectivity index (χ3v) is 10.2. The van der Waals surface area contributed by atoms with Crippen molar-refractivity contribution in [1.29, 1.82) is 0 Å². The topological polar surface area (TPSA) is 102 Å². The van der Waals surface area contributed by atoms with E-state index in [4.69, 9.17) is 19.4 Å². The molecule has 2 heterocycles. The van der Waals surface area contributed by atoms with Gasteiger partial charge in [0.15, 0.2) is 0 Å². The van der Waals surface area contributed by atoms with Crippen LogP contribution in [0.4, 0.5) is 0 Å². The van der Waals surface area contributed by atoms with E-state index in [0.717, 1.165) is 111 Å². The molecule has 0 spiro atoms. The standard InChI is InChI=1S/C44H54N4O4/c49-41(45-37-21-15-23-39-35(37)27-29-43(47-39)51-31-33-17-9-7-10-18-33)25-13-5-3-1-2-4-6-14-26-42(50)46-38-22-16-24-40-36(38)28-30-44(48-40)52-32-34-19-11-8-12-20-34/h7-12,17-20,27-30,37-38H,1-6,13-16,21-26,31-32H2,(H,45,49)(H,46,50)/t37-,38-/m0/s1. The third kappa shape index (κ3) is 11.4. The fourth-order valence-electron chi connectivity index (χ4n) is 7.37. The fraction of sp³-hybridized carbons (Fsp3) is 0.455. The zero-order chi connectivity index (χ0) is 35.8. The Balaban J connectivity index is 0.795. The maximum atomic E-state index is 12.8. The summed E-state index contributed by atoms with van der Waals surface area (Å²) in [4.78, 5) is 35.1. The highest BCUT2D eigenvalue weighted by Crippen LogP contribution is 2.32. The minimum absolute atomic E-state index is 0.0307. The summed E-state index contributed by atoms with van der Waals surface area (Å²) in [5, 5.41) is 6.54. The first kappa shape index (κ1) is 37.1. The molecule has 2 aromatic carbocycles. The number of carbonyl (C=O) groups excluding carboxylic acids is 2. The third-order valence-electron chi connectivity index (χ3n) is 10.2. The lowest BCUT2D eigenvalue weighted by Crippen LogP contribution is -2.31. The average Bonchev–Trinajstić information content (AvgIpc) is 3.18. The molecule has 0 aliphatic heterocycles. The van der Waals surface area contributed by atoms with Crippen LogP contribution in [0.2, 0.25) is 0 Å².